The third-order valence-electron chi connectivity index (χ3n) is 2.82. The van der Waals surface area contributed by atoms with Gasteiger partial charge in [-0.2, -0.15) is 0 Å². The highest BCUT2D eigenvalue weighted by molar-refractivity contribution is 6.35. The zero-order valence-corrected chi connectivity index (χ0v) is 11.2. The summed E-state index contributed by atoms with van der Waals surface area (Å²) < 4.78 is 0. The molecule has 0 bridgehead atoms. The number of hydrogen-bond donors (Lipinski definition) is 2. The molecule has 0 aliphatic heterocycles. The second-order valence-electron chi connectivity index (χ2n) is 4.07. The number of benzene rings is 2. The molecule has 0 heterocycles. The first-order chi connectivity index (χ1) is 8.70. The van der Waals surface area contributed by atoms with Gasteiger partial charge in [0.2, 0.25) is 0 Å². The van der Waals surface area contributed by atoms with E-state index in [0.717, 1.165) is 12.0 Å². The summed E-state index contributed by atoms with van der Waals surface area (Å²) in [5.41, 5.74) is 4.95. The van der Waals surface area contributed by atoms with Crippen LogP contribution >= 0.6 is 23.2 Å². The maximum atomic E-state index is 6.19. The van der Waals surface area contributed by atoms with Gasteiger partial charge in [0.05, 0.1) is 6.04 Å². The summed E-state index contributed by atoms with van der Waals surface area (Å²) in [6.45, 7) is 0. The molecule has 94 valence electrons. The van der Waals surface area contributed by atoms with Crippen molar-refractivity contribution in [1.29, 1.82) is 0 Å². The van der Waals surface area contributed by atoms with Crippen LogP contribution in [0, 0.1) is 0 Å². The zero-order chi connectivity index (χ0) is 13.0. The molecule has 2 nitrogen and oxygen atoms in total. The van der Waals surface area contributed by atoms with E-state index in [9.17, 15) is 0 Å². The van der Waals surface area contributed by atoms with Crippen molar-refractivity contribution in [3.63, 3.8) is 0 Å². The van der Waals surface area contributed by atoms with E-state index in [0.29, 0.717) is 10.0 Å². The van der Waals surface area contributed by atoms with Gasteiger partial charge in [-0.15, -0.1) is 0 Å². The van der Waals surface area contributed by atoms with E-state index < -0.39 is 0 Å². The van der Waals surface area contributed by atoms with Crippen molar-refractivity contribution in [2.75, 3.05) is 0 Å². The number of hydrazine groups is 1. The Morgan fingerprint density at radius 1 is 1.06 bits per heavy atom. The van der Waals surface area contributed by atoms with Gasteiger partial charge < -0.3 is 0 Å². The minimum atomic E-state index is -0.0304. The summed E-state index contributed by atoms with van der Waals surface area (Å²) in [5.74, 6) is 5.62. The maximum Gasteiger partial charge on any atom is 0.0515 e. The predicted octanol–water partition coefficient (Wildman–Crippen LogP) is 3.74. The predicted molar refractivity (Wildman–Crippen MR) is 76.7 cm³/mol. The number of nitrogens with one attached hydrogen (secondary N) is 1. The zero-order valence-electron chi connectivity index (χ0n) is 9.74. The Kier molecular flexibility index (Phi) is 4.61. The highest BCUT2D eigenvalue weighted by Gasteiger charge is 2.14. The molecule has 2 aromatic rings. The fraction of sp³-hybridized carbons (Fsp3) is 0.143. The molecule has 0 fully saturated rings. The smallest absolute Gasteiger partial charge is 0.0515 e. The van der Waals surface area contributed by atoms with Crippen LogP contribution in [0.5, 0.6) is 0 Å². The summed E-state index contributed by atoms with van der Waals surface area (Å²) in [6.07, 6.45) is 0.776. The number of halogens is 2. The fourth-order valence-corrected chi connectivity index (χ4v) is 2.43. The van der Waals surface area contributed by atoms with Gasteiger partial charge in [-0.25, -0.2) is 0 Å². The van der Waals surface area contributed by atoms with E-state index in [-0.39, 0.29) is 6.04 Å². The first-order valence-corrected chi connectivity index (χ1v) is 6.41. The topological polar surface area (TPSA) is 38.0 Å². The Balaban J connectivity index is 2.23. The summed E-state index contributed by atoms with van der Waals surface area (Å²) in [7, 11) is 0. The van der Waals surface area contributed by atoms with Gasteiger partial charge in [0.25, 0.3) is 0 Å². The van der Waals surface area contributed by atoms with Crippen LogP contribution < -0.4 is 11.3 Å². The second kappa shape index (κ2) is 6.21. The molecule has 0 spiro atoms. The lowest BCUT2D eigenvalue weighted by molar-refractivity contribution is 0.552. The molecule has 1 atom stereocenters. The van der Waals surface area contributed by atoms with Crippen molar-refractivity contribution in [2.45, 2.75) is 12.5 Å². The van der Waals surface area contributed by atoms with Gasteiger partial charge >= 0.3 is 0 Å². The van der Waals surface area contributed by atoms with Crippen LogP contribution in [-0.2, 0) is 6.42 Å². The lowest BCUT2D eigenvalue weighted by Gasteiger charge is -2.18. The van der Waals surface area contributed by atoms with E-state index in [1.165, 1.54) is 5.56 Å². The molecule has 0 aromatic heterocycles. The van der Waals surface area contributed by atoms with E-state index in [4.69, 9.17) is 29.0 Å². The van der Waals surface area contributed by atoms with Crippen molar-refractivity contribution >= 4 is 23.2 Å². The molecule has 0 aliphatic carbocycles. The first-order valence-electron chi connectivity index (χ1n) is 5.65. The average Bonchev–Trinajstić information content (AvgIpc) is 2.38. The number of hydrogen-bond acceptors (Lipinski definition) is 2. The van der Waals surface area contributed by atoms with Gasteiger partial charge in [0.1, 0.15) is 0 Å². The minimum absolute atomic E-state index is 0.0304. The SMILES string of the molecule is NNC(Cc1ccccc1)c1ccc(Cl)cc1Cl. The minimum Gasteiger partial charge on any atom is -0.271 e. The van der Waals surface area contributed by atoms with E-state index >= 15 is 0 Å². The van der Waals surface area contributed by atoms with Crippen LogP contribution in [0.4, 0.5) is 0 Å². The Morgan fingerprint density at radius 2 is 1.78 bits per heavy atom. The molecule has 0 saturated heterocycles. The molecule has 0 aliphatic rings. The molecule has 3 N–H and O–H groups in total. The summed E-state index contributed by atoms with van der Waals surface area (Å²) >= 11 is 12.1. The number of rotatable bonds is 4. The molecule has 2 rings (SSSR count). The van der Waals surface area contributed by atoms with E-state index in [1.54, 1.807) is 6.07 Å². The van der Waals surface area contributed by atoms with Gasteiger partial charge in [-0.3, -0.25) is 11.3 Å². The van der Waals surface area contributed by atoms with Crippen molar-refractivity contribution < 1.29 is 0 Å². The molecule has 0 radical (unpaired) electrons. The quantitative estimate of drug-likeness (QED) is 0.661. The maximum absolute atomic E-state index is 6.19. The van der Waals surface area contributed by atoms with Gasteiger partial charge in [0, 0.05) is 10.0 Å². The fourth-order valence-electron chi connectivity index (χ4n) is 1.89. The van der Waals surface area contributed by atoms with Crippen molar-refractivity contribution in [1.82, 2.24) is 5.43 Å². The lowest BCUT2D eigenvalue weighted by atomic mass is 9.99. The van der Waals surface area contributed by atoms with Crippen molar-refractivity contribution in [3.05, 3.63) is 69.7 Å². The second-order valence-corrected chi connectivity index (χ2v) is 4.92. The Bertz CT molecular complexity index is 514. The Morgan fingerprint density at radius 3 is 2.39 bits per heavy atom. The van der Waals surface area contributed by atoms with Crippen LogP contribution in [0.2, 0.25) is 10.0 Å². The van der Waals surface area contributed by atoms with Gasteiger partial charge in [-0.1, -0.05) is 59.6 Å². The summed E-state index contributed by atoms with van der Waals surface area (Å²) in [5, 5.41) is 1.25. The molecular weight excluding hydrogens is 267 g/mol. The lowest BCUT2D eigenvalue weighted by Crippen LogP contribution is -2.29. The molecule has 0 saturated carbocycles. The molecule has 4 heteroatoms. The Hall–Kier alpha value is -1.06. The van der Waals surface area contributed by atoms with Crippen LogP contribution in [0.15, 0.2) is 48.5 Å². The molecule has 0 amide bonds. The van der Waals surface area contributed by atoms with Crippen molar-refractivity contribution in [3.8, 4) is 0 Å². The van der Waals surface area contributed by atoms with E-state index in [2.05, 4.69) is 17.6 Å². The third-order valence-corrected chi connectivity index (χ3v) is 3.38. The average molecular weight is 281 g/mol. The highest BCUT2D eigenvalue weighted by atomic mass is 35.5. The third kappa shape index (κ3) is 3.24. The van der Waals surface area contributed by atoms with E-state index in [1.807, 2.05) is 30.3 Å². The van der Waals surface area contributed by atoms with Crippen LogP contribution in [-0.4, -0.2) is 0 Å². The standard InChI is InChI=1S/C14H14Cl2N2/c15-11-6-7-12(13(16)9-11)14(18-17)8-10-4-2-1-3-5-10/h1-7,9,14,18H,8,17H2. The summed E-state index contributed by atoms with van der Waals surface area (Å²) in [6, 6.07) is 15.5. The Labute approximate surface area is 117 Å². The van der Waals surface area contributed by atoms with Crippen LogP contribution in [0.25, 0.3) is 0 Å². The number of nitrogens with two attached hydrogens (primary N) is 1. The summed E-state index contributed by atoms with van der Waals surface area (Å²) in [4.78, 5) is 0. The highest BCUT2D eigenvalue weighted by Crippen LogP contribution is 2.27. The first kappa shape index (κ1) is 13.4. The largest absolute Gasteiger partial charge is 0.271 e. The molecule has 1 unspecified atom stereocenters. The van der Waals surface area contributed by atoms with Crippen LogP contribution in [0.3, 0.4) is 0 Å². The molecule has 18 heavy (non-hydrogen) atoms. The van der Waals surface area contributed by atoms with Gasteiger partial charge in [0.15, 0.2) is 0 Å². The normalized spacial score (nSPS) is 12.4. The van der Waals surface area contributed by atoms with Crippen LogP contribution in [0.1, 0.15) is 17.2 Å². The molecule has 2 aromatic carbocycles. The molecular formula is C14H14Cl2N2. The van der Waals surface area contributed by atoms with Crippen molar-refractivity contribution in [2.24, 2.45) is 5.84 Å². The monoisotopic (exact) mass is 280 g/mol. The van der Waals surface area contributed by atoms with Gasteiger partial charge in [-0.05, 0) is 29.7 Å².